The highest BCUT2D eigenvalue weighted by Crippen LogP contribution is 2.25. The van der Waals surface area contributed by atoms with Gasteiger partial charge in [0, 0.05) is 44.2 Å². The second-order valence-electron chi connectivity index (χ2n) is 9.79. The van der Waals surface area contributed by atoms with Crippen LogP contribution in [0.2, 0.25) is 10.3 Å². The van der Waals surface area contributed by atoms with Crippen LogP contribution in [0.15, 0.2) is 59.5 Å². The van der Waals surface area contributed by atoms with E-state index in [-0.39, 0.29) is 33.8 Å². The molecule has 0 spiro atoms. The number of aromatic amines is 1. The molecule has 0 aliphatic carbocycles. The van der Waals surface area contributed by atoms with E-state index < -0.39 is 23.7 Å². The highest BCUT2D eigenvalue weighted by molar-refractivity contribution is 6.40. The summed E-state index contributed by atoms with van der Waals surface area (Å²) in [7, 11) is 0. The first-order chi connectivity index (χ1) is 21.3. The van der Waals surface area contributed by atoms with Gasteiger partial charge in [0.05, 0.1) is 5.56 Å². The van der Waals surface area contributed by atoms with Gasteiger partial charge in [0.1, 0.15) is 17.3 Å². The normalized spacial score (nSPS) is 13.6. The smallest absolute Gasteiger partial charge is 0.475 e. The molecular weight excluding hydrogens is 645 g/mol. The maximum atomic E-state index is 14.8. The molecule has 0 unspecified atom stereocenters. The Hall–Kier alpha value is -4.76. The van der Waals surface area contributed by atoms with Crippen LogP contribution in [0.3, 0.4) is 0 Å². The number of pyridine rings is 1. The summed E-state index contributed by atoms with van der Waals surface area (Å²) in [5.74, 6) is -2.90. The number of alkyl halides is 3. The number of H-pyrrole nitrogens is 1. The number of imidazole rings is 1. The fraction of sp³-hybridized carbons (Fsp3) is 0.214. The lowest BCUT2D eigenvalue weighted by atomic mass is 10.0. The van der Waals surface area contributed by atoms with E-state index in [1.54, 1.807) is 11.0 Å². The Bertz CT molecular complexity index is 1970. The highest BCUT2D eigenvalue weighted by Gasteiger charge is 2.38. The van der Waals surface area contributed by atoms with Gasteiger partial charge in [-0.25, -0.2) is 33.4 Å². The summed E-state index contributed by atoms with van der Waals surface area (Å²) >= 11 is 12.1. The van der Waals surface area contributed by atoms with Crippen molar-refractivity contribution in [3.05, 3.63) is 98.2 Å². The molecule has 45 heavy (non-hydrogen) atoms. The van der Waals surface area contributed by atoms with Crippen molar-refractivity contribution in [2.75, 3.05) is 31.1 Å². The number of amides is 1. The van der Waals surface area contributed by atoms with Gasteiger partial charge in [-0.2, -0.15) is 18.3 Å². The summed E-state index contributed by atoms with van der Waals surface area (Å²) in [6.07, 6.45) is -3.06. The standard InChI is InChI=1S/C26H20Cl2FN7O2.C2HF3O2/c27-22-23(28)36-24(31-22)20(32-33-26(36)38)12-15-5-6-19(29)18(11-15)25(37)35-9-7-34(8-10-35)21-13-16-3-1-2-4-17(16)14-30-21;3-2(4,5)1(6)7/h1-6,11,13-14H,7-10,12H2,(H,33,38);(H,6,7). The van der Waals surface area contributed by atoms with Gasteiger partial charge >= 0.3 is 17.8 Å². The van der Waals surface area contributed by atoms with Crippen LogP contribution in [-0.4, -0.2) is 78.8 Å². The number of fused-ring (bicyclic) bond motifs is 2. The van der Waals surface area contributed by atoms with Crippen LogP contribution in [0.25, 0.3) is 16.4 Å². The topological polar surface area (TPSA) is 137 Å². The minimum atomic E-state index is -5.08. The van der Waals surface area contributed by atoms with Crippen molar-refractivity contribution < 1.29 is 32.3 Å². The molecule has 2 aromatic carbocycles. The predicted octanol–water partition coefficient (Wildman–Crippen LogP) is 4.60. The first kappa shape index (κ1) is 31.7. The monoisotopic (exact) mass is 665 g/mol. The molecule has 1 saturated heterocycles. The van der Waals surface area contributed by atoms with E-state index >= 15 is 0 Å². The SMILES string of the molecule is O=C(O)C(F)(F)F.O=C(c1cc(Cc2n[nH]c(=O)n3c(Cl)c(Cl)nc23)ccc1F)N1CCN(c2cc3ccccc3cn2)CC1. The quantitative estimate of drug-likeness (QED) is 0.266. The minimum Gasteiger partial charge on any atom is -0.475 e. The molecule has 234 valence electrons. The number of halogens is 6. The first-order valence-electron chi connectivity index (χ1n) is 13.1. The van der Waals surface area contributed by atoms with E-state index in [0.29, 0.717) is 37.4 Å². The Morgan fingerprint density at radius 1 is 1.00 bits per heavy atom. The van der Waals surface area contributed by atoms with Gasteiger partial charge in [-0.15, -0.1) is 0 Å². The van der Waals surface area contributed by atoms with Crippen LogP contribution < -0.4 is 10.6 Å². The van der Waals surface area contributed by atoms with E-state index in [0.717, 1.165) is 21.0 Å². The number of piperazine rings is 1. The van der Waals surface area contributed by atoms with Crippen LogP contribution in [0, 0.1) is 5.82 Å². The molecule has 5 aromatic rings. The molecule has 3 aromatic heterocycles. The fourth-order valence-electron chi connectivity index (χ4n) is 4.68. The number of anilines is 1. The molecule has 0 atom stereocenters. The maximum absolute atomic E-state index is 14.8. The van der Waals surface area contributed by atoms with E-state index in [1.165, 1.54) is 12.1 Å². The van der Waals surface area contributed by atoms with Gasteiger partial charge in [-0.3, -0.25) is 4.79 Å². The molecule has 17 heteroatoms. The lowest BCUT2D eigenvalue weighted by Crippen LogP contribution is -2.49. The van der Waals surface area contributed by atoms with Crippen LogP contribution in [0.1, 0.15) is 21.6 Å². The average molecular weight is 666 g/mol. The van der Waals surface area contributed by atoms with Gasteiger partial charge in [0.2, 0.25) is 0 Å². The molecule has 6 rings (SSSR count). The Balaban J connectivity index is 0.000000515. The van der Waals surface area contributed by atoms with Crippen molar-refractivity contribution in [3.63, 3.8) is 0 Å². The van der Waals surface area contributed by atoms with E-state index in [9.17, 15) is 27.2 Å². The molecule has 0 saturated carbocycles. The van der Waals surface area contributed by atoms with Crippen LogP contribution in [-0.2, 0) is 11.2 Å². The zero-order chi connectivity index (χ0) is 32.5. The molecular formula is C28H21Cl2F4N7O4. The van der Waals surface area contributed by atoms with E-state index in [2.05, 4.69) is 25.1 Å². The second-order valence-corrected chi connectivity index (χ2v) is 10.5. The molecule has 0 bridgehead atoms. The highest BCUT2D eigenvalue weighted by atomic mass is 35.5. The van der Waals surface area contributed by atoms with E-state index in [1.807, 2.05) is 36.5 Å². The van der Waals surface area contributed by atoms with Gasteiger partial charge in [-0.1, -0.05) is 53.5 Å². The number of aromatic nitrogens is 5. The minimum absolute atomic E-state index is 0.0281. The Kier molecular flexibility index (Phi) is 8.93. The molecule has 0 radical (unpaired) electrons. The number of nitrogens with one attached hydrogen (secondary N) is 1. The first-order valence-corrected chi connectivity index (χ1v) is 13.9. The van der Waals surface area contributed by atoms with E-state index in [4.69, 9.17) is 33.1 Å². The van der Waals surface area contributed by atoms with Crippen LogP contribution in [0.4, 0.5) is 23.4 Å². The summed E-state index contributed by atoms with van der Waals surface area (Å²) in [5, 5.41) is 15.7. The van der Waals surface area contributed by atoms with Crippen molar-refractivity contribution >= 4 is 57.3 Å². The number of benzene rings is 2. The van der Waals surface area contributed by atoms with Crippen molar-refractivity contribution in [3.8, 4) is 0 Å². The number of rotatable bonds is 4. The van der Waals surface area contributed by atoms with Crippen LogP contribution >= 0.6 is 23.2 Å². The Morgan fingerprint density at radius 2 is 1.67 bits per heavy atom. The lowest BCUT2D eigenvalue weighted by molar-refractivity contribution is -0.192. The number of carbonyl (C=O) groups is 2. The predicted molar refractivity (Wildman–Crippen MR) is 156 cm³/mol. The summed E-state index contributed by atoms with van der Waals surface area (Å²) in [5.41, 5.74) is 0.575. The second kappa shape index (κ2) is 12.7. The van der Waals surface area contributed by atoms with Gasteiger partial charge in [0.15, 0.2) is 16.0 Å². The number of nitrogens with zero attached hydrogens (tertiary/aromatic N) is 6. The third-order valence-electron chi connectivity index (χ3n) is 6.91. The molecule has 11 nitrogen and oxygen atoms in total. The molecule has 4 heterocycles. The molecule has 1 aliphatic rings. The maximum Gasteiger partial charge on any atom is 0.490 e. The van der Waals surface area contributed by atoms with Crippen molar-refractivity contribution in [2.24, 2.45) is 0 Å². The third-order valence-corrected chi connectivity index (χ3v) is 7.62. The number of carboxylic acid groups (broad SMARTS) is 1. The van der Waals surface area contributed by atoms with Crippen molar-refractivity contribution in [2.45, 2.75) is 12.6 Å². The Morgan fingerprint density at radius 3 is 2.33 bits per heavy atom. The average Bonchev–Trinajstić information content (AvgIpc) is 3.33. The zero-order valence-electron chi connectivity index (χ0n) is 22.9. The summed E-state index contributed by atoms with van der Waals surface area (Å²) in [6, 6.07) is 14.4. The number of hydrogen-bond donors (Lipinski definition) is 2. The molecule has 1 aliphatic heterocycles. The van der Waals surface area contributed by atoms with Crippen molar-refractivity contribution in [1.29, 1.82) is 0 Å². The largest absolute Gasteiger partial charge is 0.490 e. The summed E-state index contributed by atoms with van der Waals surface area (Å²) in [4.78, 5) is 46.7. The van der Waals surface area contributed by atoms with Gasteiger partial charge in [0.25, 0.3) is 5.91 Å². The number of aliphatic carboxylic acids is 1. The molecule has 1 amide bonds. The zero-order valence-corrected chi connectivity index (χ0v) is 24.4. The van der Waals surface area contributed by atoms with Crippen molar-refractivity contribution in [1.82, 2.24) is 29.5 Å². The lowest BCUT2D eigenvalue weighted by Gasteiger charge is -2.35. The third kappa shape index (κ3) is 6.83. The summed E-state index contributed by atoms with van der Waals surface area (Å²) in [6.45, 7) is 2.03. The molecule has 2 N–H and O–H groups in total. The number of carbonyl (C=O) groups excluding carboxylic acids is 1. The fourth-order valence-corrected chi connectivity index (χ4v) is 5.04. The van der Waals surface area contributed by atoms with Gasteiger partial charge < -0.3 is 14.9 Å². The van der Waals surface area contributed by atoms with Crippen LogP contribution in [0.5, 0.6) is 0 Å². The summed E-state index contributed by atoms with van der Waals surface area (Å²) < 4.78 is 47.6. The molecule has 1 fully saturated rings. The number of hydrogen-bond acceptors (Lipinski definition) is 7. The van der Waals surface area contributed by atoms with Gasteiger partial charge in [-0.05, 0) is 29.1 Å². The Labute approximate surface area is 260 Å². The number of carboxylic acids is 1.